The van der Waals surface area contributed by atoms with E-state index in [9.17, 15) is 14.0 Å². The molecule has 28 heavy (non-hydrogen) atoms. The van der Waals surface area contributed by atoms with Gasteiger partial charge >= 0.3 is 0 Å². The van der Waals surface area contributed by atoms with Gasteiger partial charge < -0.3 is 20.4 Å². The van der Waals surface area contributed by atoms with E-state index in [2.05, 4.69) is 10.6 Å². The molecule has 0 spiro atoms. The number of anilines is 2. The van der Waals surface area contributed by atoms with Crippen molar-refractivity contribution in [1.82, 2.24) is 0 Å². The van der Waals surface area contributed by atoms with Crippen LogP contribution >= 0.6 is 11.6 Å². The summed E-state index contributed by atoms with van der Waals surface area (Å²) < 4.78 is 12.9. The van der Waals surface area contributed by atoms with Crippen LogP contribution in [0.1, 0.15) is 0 Å². The first-order chi connectivity index (χ1) is 13.5. The Morgan fingerprint density at radius 2 is 1.39 bits per heavy atom. The molecule has 1 aliphatic heterocycles. The van der Waals surface area contributed by atoms with Crippen molar-refractivity contribution in [1.29, 1.82) is 0 Å². The number of piperazine rings is 1. The summed E-state index contributed by atoms with van der Waals surface area (Å²) in [6, 6.07) is 12.9. The summed E-state index contributed by atoms with van der Waals surface area (Å²) in [5.74, 6) is -0.497. The summed E-state index contributed by atoms with van der Waals surface area (Å²) in [6.45, 7) is 3.98. The van der Waals surface area contributed by atoms with Crippen molar-refractivity contribution < 1.29 is 23.8 Å². The Bertz CT molecular complexity index is 823. The van der Waals surface area contributed by atoms with Gasteiger partial charge in [0.2, 0.25) is 0 Å². The molecule has 0 radical (unpaired) electrons. The highest BCUT2D eigenvalue weighted by Gasteiger charge is 2.26. The summed E-state index contributed by atoms with van der Waals surface area (Å²) >= 11 is 6.06. The molecule has 3 rings (SSSR count). The van der Waals surface area contributed by atoms with Crippen LogP contribution in [-0.2, 0) is 9.59 Å². The minimum absolute atomic E-state index is 0.0689. The van der Waals surface area contributed by atoms with E-state index in [1.165, 1.54) is 21.9 Å². The molecule has 1 aliphatic rings. The van der Waals surface area contributed by atoms with Crippen LogP contribution in [-0.4, -0.2) is 51.1 Å². The van der Waals surface area contributed by atoms with Gasteiger partial charge in [-0.3, -0.25) is 9.59 Å². The monoisotopic (exact) mass is 406 g/mol. The second-order valence-corrected chi connectivity index (χ2v) is 7.34. The summed E-state index contributed by atoms with van der Waals surface area (Å²) in [4.78, 5) is 26.7. The van der Waals surface area contributed by atoms with Crippen LogP contribution in [0.25, 0.3) is 0 Å². The Kier molecular flexibility index (Phi) is 6.97. The van der Waals surface area contributed by atoms with Gasteiger partial charge in [-0.1, -0.05) is 23.7 Å². The van der Waals surface area contributed by atoms with Gasteiger partial charge in [-0.05, 0) is 36.4 Å². The van der Waals surface area contributed by atoms with Crippen LogP contribution in [0.2, 0.25) is 5.02 Å². The molecule has 1 saturated heterocycles. The van der Waals surface area contributed by atoms with Gasteiger partial charge in [0.25, 0.3) is 11.8 Å². The predicted molar refractivity (Wildman–Crippen MR) is 106 cm³/mol. The fourth-order valence-electron chi connectivity index (χ4n) is 3.26. The third kappa shape index (κ3) is 6.02. The van der Waals surface area contributed by atoms with E-state index >= 15 is 0 Å². The second-order valence-electron chi connectivity index (χ2n) is 6.94. The number of amides is 2. The number of carbonyl (C=O) groups excluding carboxylic acids is 2. The number of quaternary nitrogens is 2. The van der Waals surface area contributed by atoms with E-state index < -0.39 is 0 Å². The second kappa shape index (κ2) is 9.64. The molecule has 0 aliphatic carbocycles. The smallest absolute Gasteiger partial charge is 0.279 e. The molecule has 0 unspecified atom stereocenters. The molecule has 4 N–H and O–H groups in total. The van der Waals surface area contributed by atoms with Crippen molar-refractivity contribution in [3.63, 3.8) is 0 Å². The Morgan fingerprint density at radius 1 is 0.857 bits per heavy atom. The van der Waals surface area contributed by atoms with Gasteiger partial charge in [0.05, 0.1) is 10.7 Å². The highest BCUT2D eigenvalue weighted by Crippen LogP contribution is 2.19. The van der Waals surface area contributed by atoms with Crippen molar-refractivity contribution >= 4 is 34.8 Å². The van der Waals surface area contributed by atoms with Gasteiger partial charge in [0.15, 0.2) is 13.1 Å². The normalized spacial score (nSPS) is 19.1. The van der Waals surface area contributed by atoms with Gasteiger partial charge in [-0.15, -0.1) is 0 Å². The Morgan fingerprint density at radius 3 is 1.96 bits per heavy atom. The van der Waals surface area contributed by atoms with Crippen LogP contribution in [0.3, 0.4) is 0 Å². The topological polar surface area (TPSA) is 67.1 Å². The molecule has 2 aromatic carbocycles. The van der Waals surface area contributed by atoms with Crippen LogP contribution < -0.4 is 20.4 Å². The molecule has 0 bridgehead atoms. The number of carbonyl (C=O) groups is 2. The number of halogens is 2. The van der Waals surface area contributed by atoms with E-state index in [0.29, 0.717) is 29.5 Å². The van der Waals surface area contributed by atoms with Crippen LogP contribution in [0.15, 0.2) is 48.5 Å². The standard InChI is InChI=1S/C20H22ClFN4O2/c21-17-3-1-2-4-18(17)24-20(28)14-26-11-9-25(10-12-26)13-19(27)23-16-7-5-15(22)6-8-16/h1-8H,9-14H2,(H,23,27)(H,24,28)/p+2. The summed E-state index contributed by atoms with van der Waals surface area (Å²) in [5, 5.41) is 6.15. The third-order valence-corrected chi connectivity index (χ3v) is 5.09. The largest absolute Gasteiger partial charge is 0.321 e. The predicted octanol–water partition coefficient (Wildman–Crippen LogP) is -0.160. The quantitative estimate of drug-likeness (QED) is 0.538. The summed E-state index contributed by atoms with van der Waals surface area (Å²) in [7, 11) is 0. The number of hydrogen-bond donors (Lipinski definition) is 4. The lowest BCUT2D eigenvalue weighted by Gasteiger charge is -2.29. The van der Waals surface area contributed by atoms with Gasteiger partial charge in [-0.2, -0.15) is 0 Å². The number of rotatable bonds is 6. The average molecular weight is 407 g/mol. The Labute approximate surface area is 168 Å². The van der Waals surface area contributed by atoms with Crippen LogP contribution in [0.4, 0.5) is 15.8 Å². The summed E-state index contributed by atoms with van der Waals surface area (Å²) in [5.41, 5.74) is 1.21. The zero-order valence-corrected chi connectivity index (χ0v) is 16.2. The highest BCUT2D eigenvalue weighted by atomic mass is 35.5. The lowest BCUT2D eigenvalue weighted by Crippen LogP contribution is -3.28. The van der Waals surface area contributed by atoms with Crippen molar-refractivity contribution in [2.75, 3.05) is 49.9 Å². The summed E-state index contributed by atoms with van der Waals surface area (Å²) in [6.07, 6.45) is 0. The lowest BCUT2D eigenvalue weighted by molar-refractivity contribution is -1.00. The third-order valence-electron chi connectivity index (χ3n) is 4.76. The Balaban J connectivity index is 1.39. The number of benzene rings is 2. The van der Waals surface area contributed by atoms with Crippen molar-refractivity contribution in [3.8, 4) is 0 Å². The fraction of sp³-hybridized carbons (Fsp3) is 0.300. The molecule has 8 heteroatoms. The molecule has 6 nitrogen and oxygen atoms in total. The Hall–Kier alpha value is -2.48. The molecule has 0 aromatic heterocycles. The zero-order valence-electron chi connectivity index (χ0n) is 15.4. The number of hydrogen-bond acceptors (Lipinski definition) is 2. The first-order valence-corrected chi connectivity index (χ1v) is 9.64. The van der Waals surface area contributed by atoms with Gasteiger partial charge in [0, 0.05) is 5.69 Å². The van der Waals surface area contributed by atoms with Crippen LogP contribution in [0.5, 0.6) is 0 Å². The molecular weight excluding hydrogens is 383 g/mol. The van der Waals surface area contributed by atoms with Gasteiger partial charge in [0.1, 0.15) is 32.0 Å². The molecular formula is C20H24ClFN4O2+2. The molecule has 1 heterocycles. The van der Waals surface area contributed by atoms with E-state index in [1.54, 1.807) is 24.3 Å². The van der Waals surface area contributed by atoms with Crippen molar-refractivity contribution in [2.24, 2.45) is 0 Å². The van der Waals surface area contributed by atoms with E-state index in [-0.39, 0.29) is 17.6 Å². The fourth-order valence-corrected chi connectivity index (χ4v) is 3.44. The zero-order chi connectivity index (χ0) is 19.9. The minimum atomic E-state index is -0.332. The lowest BCUT2D eigenvalue weighted by atomic mass is 10.2. The van der Waals surface area contributed by atoms with Crippen LogP contribution in [0, 0.1) is 5.82 Å². The molecule has 148 valence electrons. The molecule has 0 atom stereocenters. The minimum Gasteiger partial charge on any atom is -0.321 e. The number of para-hydroxylation sites is 1. The number of nitrogens with one attached hydrogen (secondary N) is 4. The first-order valence-electron chi connectivity index (χ1n) is 9.26. The molecule has 1 fully saturated rings. The maximum atomic E-state index is 12.9. The molecule has 2 aromatic rings. The first kappa shape index (κ1) is 20.3. The SMILES string of the molecule is O=C(C[NH+]1CC[NH+](CC(=O)Nc2ccccc2Cl)CC1)Nc1ccc(F)cc1. The van der Waals surface area contributed by atoms with E-state index in [1.807, 2.05) is 12.1 Å². The maximum absolute atomic E-state index is 12.9. The van der Waals surface area contributed by atoms with Crippen molar-refractivity contribution in [2.45, 2.75) is 0 Å². The van der Waals surface area contributed by atoms with E-state index in [4.69, 9.17) is 11.6 Å². The molecule has 2 amide bonds. The van der Waals surface area contributed by atoms with E-state index in [0.717, 1.165) is 26.2 Å². The molecule has 0 saturated carbocycles. The van der Waals surface area contributed by atoms with Gasteiger partial charge in [-0.25, -0.2) is 4.39 Å². The maximum Gasteiger partial charge on any atom is 0.279 e. The van der Waals surface area contributed by atoms with Crippen molar-refractivity contribution in [3.05, 3.63) is 59.4 Å². The highest BCUT2D eigenvalue weighted by molar-refractivity contribution is 6.33. The average Bonchev–Trinajstić information content (AvgIpc) is 2.67.